The molecule has 1 aromatic carbocycles. The standard InChI is InChI=1S/C16H17FN4O2/c1-3-18-9-12-10-21(16(22)23-12)11-4-5-13(14(17)8-11)15-6-7-19-20(15)2/h3-8,12,18H,1,9-10H2,2H3/t12-/m0/s1. The Morgan fingerprint density at radius 3 is 3.00 bits per heavy atom. The van der Waals surface area contributed by atoms with Crippen LogP contribution in [-0.2, 0) is 11.8 Å². The fraction of sp³-hybridized carbons (Fsp3) is 0.250. The van der Waals surface area contributed by atoms with Crippen molar-refractivity contribution in [3.8, 4) is 11.3 Å². The Morgan fingerprint density at radius 1 is 1.52 bits per heavy atom. The average molecular weight is 316 g/mol. The topological polar surface area (TPSA) is 59.4 Å². The Bertz CT molecular complexity index is 743. The summed E-state index contributed by atoms with van der Waals surface area (Å²) in [5.74, 6) is -0.411. The Labute approximate surface area is 133 Å². The summed E-state index contributed by atoms with van der Waals surface area (Å²) in [7, 11) is 1.75. The van der Waals surface area contributed by atoms with Crippen molar-refractivity contribution in [2.24, 2.45) is 7.05 Å². The number of anilines is 1. The summed E-state index contributed by atoms with van der Waals surface area (Å²) in [6.45, 7) is 4.39. The van der Waals surface area contributed by atoms with E-state index in [1.165, 1.54) is 11.0 Å². The number of halogens is 1. The maximum absolute atomic E-state index is 14.4. The van der Waals surface area contributed by atoms with Gasteiger partial charge in [0.2, 0.25) is 0 Å². The molecule has 1 aromatic heterocycles. The first-order chi connectivity index (χ1) is 11.1. The number of carbonyl (C=O) groups excluding carboxylic acids is 1. The lowest BCUT2D eigenvalue weighted by atomic mass is 10.1. The SMILES string of the molecule is C=CNC[C@H]1CN(c2ccc(-c3ccnn3C)c(F)c2)C(=O)O1. The Balaban J connectivity index is 1.82. The van der Waals surface area contributed by atoms with Gasteiger partial charge >= 0.3 is 6.09 Å². The van der Waals surface area contributed by atoms with Crippen LogP contribution in [0.1, 0.15) is 0 Å². The van der Waals surface area contributed by atoms with E-state index in [2.05, 4.69) is 17.0 Å². The second-order valence-corrected chi connectivity index (χ2v) is 5.23. The highest BCUT2D eigenvalue weighted by atomic mass is 19.1. The molecule has 1 fully saturated rings. The molecule has 0 unspecified atom stereocenters. The van der Waals surface area contributed by atoms with Gasteiger partial charge in [0.25, 0.3) is 0 Å². The molecule has 0 aliphatic carbocycles. The maximum Gasteiger partial charge on any atom is 0.414 e. The van der Waals surface area contributed by atoms with Crippen molar-refractivity contribution in [2.75, 3.05) is 18.0 Å². The summed E-state index contributed by atoms with van der Waals surface area (Å²) in [5, 5.41) is 6.94. The molecule has 23 heavy (non-hydrogen) atoms. The molecule has 1 atom stereocenters. The predicted octanol–water partition coefficient (Wildman–Crippen LogP) is 2.28. The minimum atomic E-state index is -0.478. The van der Waals surface area contributed by atoms with Crippen molar-refractivity contribution in [2.45, 2.75) is 6.10 Å². The largest absolute Gasteiger partial charge is 0.442 e. The van der Waals surface area contributed by atoms with E-state index in [1.54, 1.807) is 42.3 Å². The third-order valence-corrected chi connectivity index (χ3v) is 3.73. The van der Waals surface area contributed by atoms with Gasteiger partial charge in [-0.1, -0.05) is 6.58 Å². The summed E-state index contributed by atoms with van der Waals surface area (Å²) >= 11 is 0. The molecule has 1 aliphatic heterocycles. The lowest BCUT2D eigenvalue weighted by Gasteiger charge is -2.14. The van der Waals surface area contributed by atoms with Gasteiger partial charge in [-0.25, -0.2) is 9.18 Å². The van der Waals surface area contributed by atoms with Crippen LogP contribution in [0.4, 0.5) is 14.9 Å². The van der Waals surface area contributed by atoms with E-state index in [1.807, 2.05) is 0 Å². The summed E-state index contributed by atoms with van der Waals surface area (Å²) < 4.78 is 21.3. The molecule has 6 nitrogen and oxygen atoms in total. The maximum atomic E-state index is 14.4. The zero-order valence-electron chi connectivity index (χ0n) is 12.7. The van der Waals surface area contributed by atoms with Crippen LogP contribution in [-0.4, -0.2) is 35.1 Å². The fourth-order valence-electron chi connectivity index (χ4n) is 2.57. The molecule has 7 heteroatoms. The van der Waals surface area contributed by atoms with Crippen molar-refractivity contribution in [1.29, 1.82) is 0 Å². The van der Waals surface area contributed by atoms with Crippen molar-refractivity contribution in [1.82, 2.24) is 15.1 Å². The second kappa shape index (κ2) is 6.12. The number of ether oxygens (including phenoxy) is 1. The van der Waals surface area contributed by atoms with E-state index < -0.39 is 11.9 Å². The third kappa shape index (κ3) is 2.90. The lowest BCUT2D eigenvalue weighted by molar-refractivity contribution is 0.142. The average Bonchev–Trinajstić information content (AvgIpc) is 3.11. The highest BCUT2D eigenvalue weighted by molar-refractivity contribution is 5.90. The van der Waals surface area contributed by atoms with Crippen LogP contribution in [0.5, 0.6) is 0 Å². The second-order valence-electron chi connectivity index (χ2n) is 5.23. The molecule has 0 radical (unpaired) electrons. The zero-order chi connectivity index (χ0) is 16.4. The van der Waals surface area contributed by atoms with Crippen molar-refractivity contribution in [3.63, 3.8) is 0 Å². The van der Waals surface area contributed by atoms with Gasteiger partial charge in [-0.05, 0) is 30.5 Å². The van der Waals surface area contributed by atoms with Crippen LogP contribution in [0.15, 0.2) is 43.2 Å². The number of benzene rings is 1. The number of carbonyl (C=O) groups is 1. The highest BCUT2D eigenvalue weighted by Gasteiger charge is 2.32. The minimum Gasteiger partial charge on any atom is -0.442 e. The molecular weight excluding hydrogens is 299 g/mol. The quantitative estimate of drug-likeness (QED) is 0.919. The van der Waals surface area contributed by atoms with Gasteiger partial charge in [0.05, 0.1) is 24.5 Å². The molecule has 1 amide bonds. The van der Waals surface area contributed by atoms with Gasteiger partial charge in [0.15, 0.2) is 0 Å². The van der Waals surface area contributed by atoms with E-state index in [-0.39, 0.29) is 6.10 Å². The van der Waals surface area contributed by atoms with Crippen molar-refractivity contribution in [3.05, 3.63) is 49.1 Å². The van der Waals surface area contributed by atoms with E-state index in [0.29, 0.717) is 30.0 Å². The molecule has 3 rings (SSSR count). The van der Waals surface area contributed by atoms with Crippen LogP contribution < -0.4 is 10.2 Å². The Morgan fingerprint density at radius 2 is 2.35 bits per heavy atom. The number of nitrogens with zero attached hydrogens (tertiary/aromatic N) is 3. The molecule has 1 saturated heterocycles. The molecule has 2 aromatic rings. The van der Waals surface area contributed by atoms with Crippen LogP contribution in [0, 0.1) is 5.82 Å². The zero-order valence-corrected chi connectivity index (χ0v) is 12.7. The molecular formula is C16H17FN4O2. The van der Waals surface area contributed by atoms with Crippen molar-refractivity contribution >= 4 is 11.8 Å². The first-order valence-corrected chi connectivity index (χ1v) is 7.20. The lowest BCUT2D eigenvalue weighted by Crippen LogP contribution is -2.28. The first-order valence-electron chi connectivity index (χ1n) is 7.20. The predicted molar refractivity (Wildman–Crippen MR) is 84.4 cm³/mol. The summed E-state index contributed by atoms with van der Waals surface area (Å²) in [6, 6.07) is 6.42. The minimum absolute atomic E-state index is 0.291. The van der Waals surface area contributed by atoms with Gasteiger partial charge < -0.3 is 10.1 Å². The van der Waals surface area contributed by atoms with E-state index in [0.717, 1.165) is 0 Å². The van der Waals surface area contributed by atoms with Crippen LogP contribution in [0.2, 0.25) is 0 Å². The van der Waals surface area contributed by atoms with E-state index in [4.69, 9.17) is 4.74 Å². The van der Waals surface area contributed by atoms with E-state index >= 15 is 0 Å². The van der Waals surface area contributed by atoms with Gasteiger partial charge in [0, 0.05) is 18.8 Å². The van der Waals surface area contributed by atoms with Gasteiger partial charge in [-0.3, -0.25) is 9.58 Å². The van der Waals surface area contributed by atoms with Crippen molar-refractivity contribution < 1.29 is 13.9 Å². The number of amides is 1. The summed E-state index contributed by atoms with van der Waals surface area (Å²) in [4.78, 5) is 13.4. The van der Waals surface area contributed by atoms with Gasteiger partial charge in [-0.15, -0.1) is 0 Å². The number of cyclic esters (lactones) is 1. The normalized spacial score (nSPS) is 17.2. The fourth-order valence-corrected chi connectivity index (χ4v) is 2.57. The van der Waals surface area contributed by atoms with Crippen LogP contribution in [0.25, 0.3) is 11.3 Å². The monoisotopic (exact) mass is 316 g/mol. The molecule has 1 N–H and O–H groups in total. The molecule has 0 spiro atoms. The molecule has 0 bridgehead atoms. The number of nitrogens with one attached hydrogen (secondary N) is 1. The van der Waals surface area contributed by atoms with Crippen LogP contribution >= 0.6 is 0 Å². The number of aryl methyl sites for hydroxylation is 1. The number of aromatic nitrogens is 2. The molecule has 0 saturated carbocycles. The first kappa shape index (κ1) is 15.1. The number of rotatable bonds is 5. The molecule has 1 aliphatic rings. The Hall–Kier alpha value is -2.83. The van der Waals surface area contributed by atoms with Crippen LogP contribution in [0.3, 0.4) is 0 Å². The van der Waals surface area contributed by atoms with E-state index in [9.17, 15) is 9.18 Å². The molecule has 120 valence electrons. The van der Waals surface area contributed by atoms with Gasteiger partial charge in [0.1, 0.15) is 11.9 Å². The number of hydrogen-bond acceptors (Lipinski definition) is 4. The van der Waals surface area contributed by atoms with Gasteiger partial charge in [-0.2, -0.15) is 5.10 Å². The number of hydrogen-bond donors (Lipinski definition) is 1. The highest BCUT2D eigenvalue weighted by Crippen LogP contribution is 2.28. The molecule has 2 heterocycles. The summed E-state index contributed by atoms with van der Waals surface area (Å²) in [6.07, 6.45) is 2.38. The third-order valence-electron chi connectivity index (χ3n) is 3.73. The smallest absolute Gasteiger partial charge is 0.414 e. The summed E-state index contributed by atoms with van der Waals surface area (Å²) in [5.41, 5.74) is 1.58. The Kier molecular flexibility index (Phi) is 4.01.